The van der Waals surface area contributed by atoms with Gasteiger partial charge in [-0.05, 0) is 84.8 Å². The molecule has 6 rings (SSSR count). The Morgan fingerprint density at radius 2 is 1.08 bits per heavy atom. The fourth-order valence-corrected chi connectivity index (χ4v) is 4.83. The van der Waals surface area contributed by atoms with E-state index in [0.29, 0.717) is 17.8 Å². The van der Waals surface area contributed by atoms with Crippen molar-refractivity contribution in [2.75, 3.05) is 0 Å². The lowest BCUT2D eigenvalue weighted by atomic mass is 9.90. The number of rotatable bonds is 5. The zero-order valence-corrected chi connectivity index (χ0v) is 20.8. The summed E-state index contributed by atoms with van der Waals surface area (Å²) in [5.41, 5.74) is 7.59. The first-order valence-electron chi connectivity index (χ1n) is 12.2. The molecule has 4 aromatic carbocycles. The van der Waals surface area contributed by atoms with Gasteiger partial charge in [-0.25, -0.2) is 0 Å². The molecule has 0 fully saturated rings. The Morgan fingerprint density at radius 1 is 0.649 bits per heavy atom. The van der Waals surface area contributed by atoms with Gasteiger partial charge in [0.05, 0.1) is 0 Å². The predicted octanol–water partition coefficient (Wildman–Crippen LogP) is 5.53. The van der Waals surface area contributed by atoms with Gasteiger partial charge in [-0.3, -0.25) is 0 Å². The summed E-state index contributed by atoms with van der Waals surface area (Å²) < 4.78 is 0. The molecule has 8 heteroatoms. The standard InChI is InChI=1S/C29H26N6O2/c1-17-12-20(28(36)26(14-17)34-30-22-8-4-5-9-23(22)31-34)16-19(3)21-13-18(2)15-27(29(21)37)35-32-24-10-6-7-11-25(24)33-35/h4-15,19,36-37H,16H2,1-3H3. The van der Waals surface area contributed by atoms with Gasteiger partial charge in [-0.2, -0.15) is 0 Å². The highest BCUT2D eigenvalue weighted by Gasteiger charge is 2.21. The number of phenolic OH excluding ortho intramolecular Hbond substituents is 2. The number of aryl methyl sites for hydroxylation is 2. The van der Waals surface area contributed by atoms with Crippen LogP contribution in [0.1, 0.15) is 35.1 Å². The smallest absolute Gasteiger partial charge is 0.146 e. The number of fused-ring (bicyclic) bond motifs is 2. The number of hydrogen-bond acceptors (Lipinski definition) is 6. The van der Waals surface area contributed by atoms with Crippen LogP contribution in [-0.2, 0) is 6.42 Å². The van der Waals surface area contributed by atoms with E-state index in [0.717, 1.165) is 44.3 Å². The molecule has 2 N–H and O–H groups in total. The van der Waals surface area contributed by atoms with Crippen molar-refractivity contribution >= 4 is 22.1 Å². The first-order valence-corrected chi connectivity index (χ1v) is 12.2. The molecule has 0 saturated carbocycles. The minimum absolute atomic E-state index is 0.103. The third-order valence-corrected chi connectivity index (χ3v) is 6.64. The second-order valence-corrected chi connectivity index (χ2v) is 9.58. The van der Waals surface area contributed by atoms with Crippen molar-refractivity contribution in [3.63, 3.8) is 0 Å². The zero-order chi connectivity index (χ0) is 25.7. The van der Waals surface area contributed by atoms with Crippen LogP contribution in [0.15, 0.2) is 72.8 Å². The summed E-state index contributed by atoms with van der Waals surface area (Å²) >= 11 is 0. The molecule has 184 valence electrons. The molecule has 0 amide bonds. The fourth-order valence-electron chi connectivity index (χ4n) is 4.83. The molecule has 2 heterocycles. The molecule has 37 heavy (non-hydrogen) atoms. The lowest BCUT2D eigenvalue weighted by Crippen LogP contribution is -2.07. The maximum atomic E-state index is 11.3. The third-order valence-electron chi connectivity index (χ3n) is 6.64. The number of hydrogen-bond donors (Lipinski definition) is 2. The molecule has 0 aliphatic rings. The molecule has 0 aliphatic heterocycles. The van der Waals surface area contributed by atoms with E-state index in [1.165, 1.54) is 9.59 Å². The van der Waals surface area contributed by atoms with Crippen LogP contribution in [0.5, 0.6) is 11.5 Å². The fraction of sp³-hybridized carbons (Fsp3) is 0.172. The van der Waals surface area contributed by atoms with Crippen molar-refractivity contribution in [2.24, 2.45) is 0 Å². The molecule has 0 radical (unpaired) electrons. The third kappa shape index (κ3) is 4.06. The van der Waals surface area contributed by atoms with Gasteiger partial charge in [-0.1, -0.05) is 43.3 Å². The normalized spacial score (nSPS) is 12.4. The Hall–Kier alpha value is -4.72. The van der Waals surface area contributed by atoms with E-state index in [1.54, 1.807) is 0 Å². The van der Waals surface area contributed by atoms with E-state index in [2.05, 4.69) is 20.4 Å². The van der Waals surface area contributed by atoms with Crippen LogP contribution in [0.2, 0.25) is 0 Å². The summed E-state index contributed by atoms with van der Waals surface area (Å²) in [7, 11) is 0. The molecule has 0 saturated heterocycles. The van der Waals surface area contributed by atoms with Gasteiger partial charge >= 0.3 is 0 Å². The molecule has 2 aromatic heterocycles. The van der Waals surface area contributed by atoms with Crippen LogP contribution < -0.4 is 0 Å². The average Bonchev–Trinajstić information content (AvgIpc) is 3.51. The van der Waals surface area contributed by atoms with Crippen molar-refractivity contribution < 1.29 is 10.2 Å². The zero-order valence-electron chi connectivity index (χ0n) is 20.8. The summed E-state index contributed by atoms with van der Waals surface area (Å²) in [6.45, 7) is 6.00. The highest BCUT2D eigenvalue weighted by molar-refractivity contribution is 5.74. The minimum Gasteiger partial charge on any atom is -0.505 e. The van der Waals surface area contributed by atoms with Crippen LogP contribution in [-0.4, -0.2) is 40.2 Å². The highest BCUT2D eigenvalue weighted by Crippen LogP contribution is 2.37. The second-order valence-electron chi connectivity index (χ2n) is 9.58. The van der Waals surface area contributed by atoms with E-state index in [4.69, 9.17) is 0 Å². The van der Waals surface area contributed by atoms with Crippen molar-refractivity contribution in [3.05, 3.63) is 95.1 Å². The lowest BCUT2D eigenvalue weighted by molar-refractivity contribution is 0.448. The summed E-state index contributed by atoms with van der Waals surface area (Å²) in [5.74, 6) is 0.157. The SMILES string of the molecule is Cc1cc(CC(C)c2cc(C)cc(-n3nc4ccccc4n3)c2O)c(O)c(-n2nc3ccccc3n2)c1. The summed E-state index contributed by atoms with van der Waals surface area (Å²) in [6, 6.07) is 22.9. The minimum atomic E-state index is -0.103. The van der Waals surface area contributed by atoms with E-state index in [-0.39, 0.29) is 17.4 Å². The first-order chi connectivity index (χ1) is 17.9. The maximum Gasteiger partial charge on any atom is 0.146 e. The largest absolute Gasteiger partial charge is 0.505 e. The lowest BCUT2D eigenvalue weighted by Gasteiger charge is -2.18. The van der Waals surface area contributed by atoms with Crippen LogP contribution >= 0.6 is 0 Å². The molecule has 6 aromatic rings. The van der Waals surface area contributed by atoms with Gasteiger partial charge < -0.3 is 10.2 Å². The van der Waals surface area contributed by atoms with Crippen molar-refractivity contribution in [1.82, 2.24) is 30.0 Å². The van der Waals surface area contributed by atoms with Crippen LogP contribution in [0.3, 0.4) is 0 Å². The van der Waals surface area contributed by atoms with Gasteiger partial charge in [0.25, 0.3) is 0 Å². The molecule has 0 aliphatic carbocycles. The molecule has 0 spiro atoms. The number of benzene rings is 4. The molecule has 1 atom stereocenters. The van der Waals surface area contributed by atoms with Crippen molar-refractivity contribution in [2.45, 2.75) is 33.1 Å². The van der Waals surface area contributed by atoms with Crippen molar-refractivity contribution in [1.29, 1.82) is 0 Å². The molecule has 1 unspecified atom stereocenters. The Morgan fingerprint density at radius 3 is 1.57 bits per heavy atom. The van der Waals surface area contributed by atoms with Gasteiger partial charge in [-0.15, -0.1) is 30.0 Å². The van der Waals surface area contributed by atoms with Crippen LogP contribution in [0.25, 0.3) is 33.4 Å². The van der Waals surface area contributed by atoms with Crippen LogP contribution in [0, 0.1) is 13.8 Å². The van der Waals surface area contributed by atoms with E-state index >= 15 is 0 Å². The second kappa shape index (κ2) is 8.74. The number of phenols is 2. The first kappa shape index (κ1) is 22.7. The van der Waals surface area contributed by atoms with Gasteiger partial charge in [0, 0.05) is 0 Å². The number of aromatic hydroxyl groups is 2. The molecule has 0 bridgehead atoms. The Balaban J connectivity index is 1.37. The van der Waals surface area contributed by atoms with Gasteiger partial charge in [0.2, 0.25) is 0 Å². The summed E-state index contributed by atoms with van der Waals surface area (Å²) in [6.07, 6.45) is 0.506. The van der Waals surface area contributed by atoms with Gasteiger partial charge in [0.1, 0.15) is 44.9 Å². The summed E-state index contributed by atoms with van der Waals surface area (Å²) in [4.78, 5) is 2.97. The van der Waals surface area contributed by atoms with E-state index in [1.807, 2.05) is 93.6 Å². The summed E-state index contributed by atoms with van der Waals surface area (Å²) in [5, 5.41) is 40.7. The average molecular weight is 491 g/mol. The van der Waals surface area contributed by atoms with Gasteiger partial charge in [0.15, 0.2) is 0 Å². The van der Waals surface area contributed by atoms with E-state index < -0.39 is 0 Å². The van der Waals surface area contributed by atoms with E-state index in [9.17, 15) is 10.2 Å². The quantitative estimate of drug-likeness (QED) is 0.330. The maximum absolute atomic E-state index is 11.3. The van der Waals surface area contributed by atoms with Crippen molar-refractivity contribution in [3.8, 4) is 22.9 Å². The Labute approximate surface area is 213 Å². The number of nitrogens with zero attached hydrogens (tertiary/aromatic N) is 6. The predicted molar refractivity (Wildman–Crippen MR) is 143 cm³/mol. The van der Waals surface area contributed by atoms with Crippen LogP contribution in [0.4, 0.5) is 0 Å². The molecule has 8 nitrogen and oxygen atoms in total. The molecular weight excluding hydrogens is 464 g/mol. The Kier molecular flexibility index (Phi) is 5.37. The topological polar surface area (TPSA) is 102 Å². The monoisotopic (exact) mass is 490 g/mol. The number of aromatic nitrogens is 6. The Bertz CT molecular complexity index is 1720. The molecular formula is C29H26N6O2. The highest BCUT2D eigenvalue weighted by atomic mass is 16.3.